The predicted octanol–water partition coefficient (Wildman–Crippen LogP) is 2.90. The second-order valence-corrected chi connectivity index (χ2v) is 5.87. The highest BCUT2D eigenvalue weighted by Crippen LogP contribution is 2.17. The Balaban J connectivity index is 2.13. The van der Waals surface area contributed by atoms with E-state index in [1.165, 1.54) is 24.3 Å². The number of halogens is 2. The normalized spacial score (nSPS) is 12.1. The highest BCUT2D eigenvalue weighted by molar-refractivity contribution is 7.84. The summed E-state index contributed by atoms with van der Waals surface area (Å²) in [6.45, 7) is 0. The van der Waals surface area contributed by atoms with Gasteiger partial charge in [0.15, 0.2) is 11.6 Å². The molecule has 1 N–H and O–H groups in total. The number of benzene rings is 2. The molecule has 0 aliphatic rings. The third-order valence-corrected chi connectivity index (χ3v) is 4.23. The van der Waals surface area contributed by atoms with Gasteiger partial charge in [0.2, 0.25) is 0 Å². The third kappa shape index (κ3) is 3.95. The molecule has 21 heavy (non-hydrogen) atoms. The van der Waals surface area contributed by atoms with Crippen molar-refractivity contribution in [3.8, 4) is 0 Å². The van der Waals surface area contributed by atoms with E-state index in [0.717, 1.165) is 6.07 Å². The van der Waals surface area contributed by atoms with Gasteiger partial charge in [0, 0.05) is 10.5 Å². The van der Waals surface area contributed by atoms with Crippen molar-refractivity contribution in [3.63, 3.8) is 0 Å². The van der Waals surface area contributed by atoms with Crippen LogP contribution in [0.25, 0.3) is 0 Å². The SMILES string of the molecule is O=C(O)Cc1ccc(S(=O)Cc2cccc(F)c2F)cc1. The molecule has 6 heteroatoms. The van der Waals surface area contributed by atoms with E-state index in [1.54, 1.807) is 12.1 Å². The first-order valence-corrected chi connectivity index (χ1v) is 7.41. The first kappa shape index (κ1) is 15.3. The molecule has 110 valence electrons. The molecule has 0 spiro atoms. The number of rotatable bonds is 5. The van der Waals surface area contributed by atoms with Crippen molar-refractivity contribution in [2.75, 3.05) is 0 Å². The molecule has 1 unspecified atom stereocenters. The third-order valence-electron chi connectivity index (χ3n) is 2.86. The monoisotopic (exact) mass is 310 g/mol. The van der Waals surface area contributed by atoms with Gasteiger partial charge in [0.1, 0.15) is 0 Å². The quantitative estimate of drug-likeness (QED) is 0.924. The fourth-order valence-electron chi connectivity index (χ4n) is 1.82. The molecule has 2 aromatic rings. The van der Waals surface area contributed by atoms with E-state index in [2.05, 4.69) is 0 Å². The van der Waals surface area contributed by atoms with Crippen LogP contribution in [0.1, 0.15) is 11.1 Å². The van der Waals surface area contributed by atoms with Gasteiger partial charge in [0.25, 0.3) is 0 Å². The Labute approximate surface area is 122 Å². The summed E-state index contributed by atoms with van der Waals surface area (Å²) in [5.74, 6) is -3.05. The highest BCUT2D eigenvalue weighted by atomic mass is 32.2. The maximum atomic E-state index is 13.5. The van der Waals surface area contributed by atoms with Gasteiger partial charge < -0.3 is 5.11 Å². The van der Waals surface area contributed by atoms with Crippen LogP contribution in [0.2, 0.25) is 0 Å². The summed E-state index contributed by atoms with van der Waals surface area (Å²) in [6.07, 6.45) is -0.120. The molecule has 0 aliphatic carbocycles. The van der Waals surface area contributed by atoms with Gasteiger partial charge in [-0.2, -0.15) is 0 Å². The number of carbonyl (C=O) groups is 1. The summed E-state index contributed by atoms with van der Waals surface area (Å²) < 4.78 is 38.7. The fourth-order valence-corrected chi connectivity index (χ4v) is 2.93. The van der Waals surface area contributed by atoms with Crippen molar-refractivity contribution < 1.29 is 22.9 Å². The van der Waals surface area contributed by atoms with Gasteiger partial charge in [0.05, 0.1) is 23.0 Å². The van der Waals surface area contributed by atoms with Crippen molar-refractivity contribution in [3.05, 3.63) is 65.2 Å². The van der Waals surface area contributed by atoms with Crippen molar-refractivity contribution in [2.24, 2.45) is 0 Å². The lowest BCUT2D eigenvalue weighted by molar-refractivity contribution is -0.136. The van der Waals surface area contributed by atoms with Gasteiger partial charge in [-0.05, 0) is 23.8 Å². The minimum absolute atomic E-state index is 0.0444. The summed E-state index contributed by atoms with van der Waals surface area (Å²) in [6, 6.07) is 9.93. The molecule has 0 heterocycles. The van der Waals surface area contributed by atoms with Crippen LogP contribution in [-0.4, -0.2) is 15.3 Å². The van der Waals surface area contributed by atoms with E-state index in [1.807, 2.05) is 0 Å². The molecule has 0 radical (unpaired) electrons. The molecule has 0 bridgehead atoms. The first-order valence-electron chi connectivity index (χ1n) is 6.09. The molecule has 0 amide bonds. The Morgan fingerprint density at radius 3 is 2.38 bits per heavy atom. The van der Waals surface area contributed by atoms with Gasteiger partial charge in [-0.25, -0.2) is 8.78 Å². The van der Waals surface area contributed by atoms with Crippen molar-refractivity contribution in [1.82, 2.24) is 0 Å². The molecule has 3 nitrogen and oxygen atoms in total. The standard InChI is InChI=1S/C15H12F2O3S/c16-13-3-1-2-11(15(13)17)9-21(20)12-6-4-10(5-7-12)8-14(18)19/h1-7H,8-9H2,(H,18,19). The summed E-state index contributed by atoms with van der Waals surface area (Å²) in [7, 11) is -1.53. The number of aliphatic carboxylic acids is 1. The summed E-state index contributed by atoms with van der Waals surface area (Å²) in [5, 5.41) is 8.66. The first-order chi connectivity index (χ1) is 9.97. The largest absolute Gasteiger partial charge is 0.481 e. The average molecular weight is 310 g/mol. The molecular formula is C15H12F2O3S. The Hall–Kier alpha value is -2.08. The minimum atomic E-state index is -1.53. The zero-order chi connectivity index (χ0) is 15.4. The van der Waals surface area contributed by atoms with Gasteiger partial charge >= 0.3 is 5.97 Å². The second kappa shape index (κ2) is 6.58. The van der Waals surface area contributed by atoms with Crippen molar-refractivity contribution >= 4 is 16.8 Å². The zero-order valence-corrected chi connectivity index (χ0v) is 11.7. The van der Waals surface area contributed by atoms with E-state index < -0.39 is 28.4 Å². The number of hydrogen-bond acceptors (Lipinski definition) is 2. The van der Waals surface area contributed by atoms with Gasteiger partial charge in [-0.1, -0.05) is 24.3 Å². The Kier molecular flexibility index (Phi) is 4.80. The molecule has 2 aromatic carbocycles. The fraction of sp³-hybridized carbons (Fsp3) is 0.133. The van der Waals surface area contributed by atoms with Gasteiger partial charge in [-0.15, -0.1) is 0 Å². The molecule has 2 rings (SSSR count). The topological polar surface area (TPSA) is 54.4 Å². The maximum Gasteiger partial charge on any atom is 0.307 e. The van der Waals surface area contributed by atoms with Crippen LogP contribution in [-0.2, 0) is 27.8 Å². The van der Waals surface area contributed by atoms with Crippen molar-refractivity contribution in [2.45, 2.75) is 17.1 Å². The van der Waals surface area contributed by atoms with E-state index >= 15 is 0 Å². The predicted molar refractivity (Wildman–Crippen MR) is 74.3 cm³/mol. The zero-order valence-electron chi connectivity index (χ0n) is 10.9. The van der Waals surface area contributed by atoms with E-state index in [0.29, 0.717) is 10.5 Å². The van der Waals surface area contributed by atoms with Crippen LogP contribution in [0.3, 0.4) is 0 Å². The Morgan fingerprint density at radius 2 is 1.76 bits per heavy atom. The summed E-state index contributed by atoms with van der Waals surface area (Å²) in [4.78, 5) is 11.0. The molecule has 1 atom stereocenters. The van der Waals surface area contributed by atoms with E-state index in [-0.39, 0.29) is 17.7 Å². The van der Waals surface area contributed by atoms with Gasteiger partial charge in [-0.3, -0.25) is 9.00 Å². The maximum absolute atomic E-state index is 13.5. The molecule has 0 fully saturated rings. The minimum Gasteiger partial charge on any atom is -0.481 e. The van der Waals surface area contributed by atoms with Crippen LogP contribution >= 0.6 is 0 Å². The van der Waals surface area contributed by atoms with Crippen LogP contribution in [0, 0.1) is 11.6 Å². The Morgan fingerprint density at radius 1 is 1.10 bits per heavy atom. The molecule has 0 saturated heterocycles. The van der Waals surface area contributed by atoms with Crippen LogP contribution in [0.5, 0.6) is 0 Å². The van der Waals surface area contributed by atoms with Crippen molar-refractivity contribution in [1.29, 1.82) is 0 Å². The number of carboxylic acid groups (broad SMARTS) is 1. The lowest BCUT2D eigenvalue weighted by Gasteiger charge is -2.05. The van der Waals surface area contributed by atoms with E-state index in [4.69, 9.17) is 5.11 Å². The summed E-state index contributed by atoms with van der Waals surface area (Å²) >= 11 is 0. The average Bonchev–Trinajstić information content (AvgIpc) is 2.44. The summed E-state index contributed by atoms with van der Waals surface area (Å²) in [5.41, 5.74) is 0.628. The number of carboxylic acids is 1. The molecular weight excluding hydrogens is 298 g/mol. The molecule has 0 saturated carbocycles. The smallest absolute Gasteiger partial charge is 0.307 e. The van der Waals surface area contributed by atoms with E-state index in [9.17, 15) is 17.8 Å². The van der Waals surface area contributed by atoms with Crippen LogP contribution < -0.4 is 0 Å². The lowest BCUT2D eigenvalue weighted by atomic mass is 10.2. The van der Waals surface area contributed by atoms with Crippen LogP contribution in [0.15, 0.2) is 47.4 Å². The highest BCUT2D eigenvalue weighted by Gasteiger charge is 2.12. The second-order valence-electron chi connectivity index (χ2n) is 4.42. The van der Waals surface area contributed by atoms with Crippen LogP contribution in [0.4, 0.5) is 8.78 Å². The Bertz CT molecular complexity index is 684. The lowest BCUT2D eigenvalue weighted by Crippen LogP contribution is -2.02. The molecule has 0 aliphatic heterocycles. The molecule has 0 aromatic heterocycles. The number of hydrogen-bond donors (Lipinski definition) is 1.